The molecule has 0 fully saturated rings. The Bertz CT molecular complexity index is 731. The Morgan fingerprint density at radius 2 is 0.964 bits per heavy atom. The van der Waals surface area contributed by atoms with Crippen molar-refractivity contribution in [2.75, 3.05) is 0 Å². The molecule has 0 heterocycles. The van der Waals surface area contributed by atoms with E-state index < -0.39 is 16.9 Å². The monoisotopic (exact) mass is 396 g/mol. The quantitative estimate of drug-likeness (QED) is 0.491. The molecule has 0 saturated heterocycles. The number of carboxylic acid groups (broad SMARTS) is 1. The van der Waals surface area contributed by atoms with E-state index in [1.807, 2.05) is 114 Å². The number of carbonyl (C=O) groups is 1. The van der Waals surface area contributed by atoms with Gasteiger partial charge in [-0.25, -0.2) is 0 Å². The Balaban J connectivity index is 0.00000111. The Hall–Kier alpha value is -2.52. The molecule has 0 aliphatic rings. The fourth-order valence-corrected chi connectivity index (χ4v) is 4.54. The summed E-state index contributed by atoms with van der Waals surface area (Å²) < 4.78 is 0. The summed E-state index contributed by atoms with van der Waals surface area (Å²) in [7, 11) is -0.468. The van der Waals surface area contributed by atoms with Gasteiger partial charge in [-0.3, -0.25) is 0 Å². The molecule has 2 nitrogen and oxygen atoms in total. The zero-order valence-electron chi connectivity index (χ0n) is 17.8. The van der Waals surface area contributed by atoms with Gasteiger partial charge >= 0.3 is 0 Å². The first-order valence-corrected chi connectivity index (χ1v) is 11.1. The third-order valence-electron chi connectivity index (χ3n) is 3.28. The van der Waals surface area contributed by atoms with Crippen LogP contribution in [0.4, 0.5) is 0 Å². The van der Waals surface area contributed by atoms with E-state index >= 15 is 0 Å². The molecule has 150 valence electrons. The van der Waals surface area contributed by atoms with E-state index in [-0.39, 0.29) is 5.56 Å². The number of hydrogen-bond donors (Lipinski definition) is 0. The number of aromatic carboxylic acids is 1. The molecule has 0 bridgehead atoms. The normalized spacial score (nSPS) is 8.96. The van der Waals surface area contributed by atoms with Crippen molar-refractivity contribution in [3.05, 3.63) is 90.5 Å². The van der Waals surface area contributed by atoms with Gasteiger partial charge in [0.15, 0.2) is 14.7 Å². The molecule has 0 aliphatic carbocycles. The second-order valence-electron chi connectivity index (χ2n) is 4.72. The Labute approximate surface area is 173 Å². The van der Waals surface area contributed by atoms with Gasteiger partial charge < -0.3 is 9.90 Å². The zero-order valence-corrected chi connectivity index (χ0v) is 18.6. The van der Waals surface area contributed by atoms with Crippen LogP contribution in [0.3, 0.4) is 0 Å². The lowest BCUT2D eigenvalue weighted by Crippen LogP contribution is -2.24. The van der Waals surface area contributed by atoms with Gasteiger partial charge in [0.2, 0.25) is 0 Å². The first kappa shape index (κ1) is 25.5. The van der Waals surface area contributed by atoms with Gasteiger partial charge in [0.25, 0.3) is 0 Å². The van der Waals surface area contributed by atoms with Crippen LogP contribution in [0.15, 0.2) is 99.6 Å². The molecule has 3 aromatic carbocycles. The van der Waals surface area contributed by atoms with Crippen LogP contribution in [0.5, 0.6) is 0 Å². The zero-order chi connectivity index (χ0) is 21.4. The van der Waals surface area contributed by atoms with E-state index in [0.29, 0.717) is 0 Å². The van der Waals surface area contributed by atoms with Crippen molar-refractivity contribution in [3.8, 4) is 0 Å². The predicted octanol–water partition coefficient (Wildman–Crippen LogP) is 6.22. The van der Waals surface area contributed by atoms with E-state index in [1.54, 1.807) is 12.1 Å². The van der Waals surface area contributed by atoms with Crippen molar-refractivity contribution in [2.24, 2.45) is 0 Å². The average molecular weight is 397 g/mol. The van der Waals surface area contributed by atoms with Crippen molar-refractivity contribution < 1.29 is 9.90 Å². The number of rotatable bonds is 4. The highest BCUT2D eigenvalue weighted by molar-refractivity contribution is 7.97. The molecular weight excluding hydrogens is 364 g/mol. The largest absolute Gasteiger partial charge is 0.545 e. The van der Waals surface area contributed by atoms with Gasteiger partial charge in [-0.05, 0) is 36.4 Å². The number of benzene rings is 3. The van der Waals surface area contributed by atoms with Gasteiger partial charge in [0.1, 0.15) is 0 Å². The van der Waals surface area contributed by atoms with Gasteiger partial charge in [-0.2, -0.15) is 0 Å². The van der Waals surface area contributed by atoms with E-state index in [2.05, 4.69) is 0 Å². The molecule has 0 aromatic heterocycles. The highest BCUT2D eigenvalue weighted by Crippen LogP contribution is 2.32. The summed E-state index contributed by atoms with van der Waals surface area (Å²) in [4.78, 5) is 14.4. The predicted molar refractivity (Wildman–Crippen MR) is 120 cm³/mol. The summed E-state index contributed by atoms with van der Waals surface area (Å²) in [6.07, 6.45) is 0. The van der Waals surface area contributed by atoms with Crippen LogP contribution in [0.25, 0.3) is 0 Å². The summed E-state index contributed by atoms with van der Waals surface area (Å²) in [6.45, 7) is 12.0. The van der Waals surface area contributed by atoms with E-state index in [1.165, 1.54) is 0 Å². The third-order valence-corrected chi connectivity index (χ3v) is 5.57. The lowest BCUT2D eigenvalue weighted by Gasteiger charge is -2.12. The summed E-state index contributed by atoms with van der Waals surface area (Å²) in [5.41, 5.74) is 0.249. The van der Waals surface area contributed by atoms with Crippen molar-refractivity contribution >= 4 is 16.9 Å². The SMILES string of the molecule is CC.CC.CC.O=C([O-])c1ccccc1[S+](c1ccccc1)c1ccccc1. The van der Waals surface area contributed by atoms with Gasteiger partial charge in [-0.1, -0.05) is 90.1 Å². The molecule has 3 heteroatoms. The molecule has 3 rings (SSSR count). The topological polar surface area (TPSA) is 40.1 Å². The third kappa shape index (κ3) is 7.24. The fraction of sp³-hybridized carbons (Fsp3) is 0.240. The minimum atomic E-state index is -1.14. The maximum atomic E-state index is 11.5. The maximum Gasteiger partial charge on any atom is 0.175 e. The second kappa shape index (κ2) is 15.5. The van der Waals surface area contributed by atoms with Gasteiger partial charge in [0, 0.05) is 0 Å². The van der Waals surface area contributed by atoms with Crippen LogP contribution in [0, 0.1) is 0 Å². The Kier molecular flexibility index (Phi) is 14.1. The highest BCUT2D eigenvalue weighted by Gasteiger charge is 2.30. The van der Waals surface area contributed by atoms with Crippen LogP contribution >= 0.6 is 0 Å². The summed E-state index contributed by atoms with van der Waals surface area (Å²) in [5.74, 6) is -1.14. The molecule has 0 unspecified atom stereocenters. The van der Waals surface area contributed by atoms with Crippen molar-refractivity contribution in [1.29, 1.82) is 0 Å². The van der Waals surface area contributed by atoms with Crippen LogP contribution in [0.1, 0.15) is 51.9 Å². The van der Waals surface area contributed by atoms with Crippen LogP contribution in [-0.2, 0) is 10.9 Å². The van der Waals surface area contributed by atoms with Gasteiger partial charge in [0.05, 0.1) is 22.4 Å². The van der Waals surface area contributed by atoms with Crippen molar-refractivity contribution in [2.45, 2.75) is 56.2 Å². The molecule has 0 spiro atoms. The van der Waals surface area contributed by atoms with Crippen molar-refractivity contribution in [1.82, 2.24) is 0 Å². The van der Waals surface area contributed by atoms with Crippen LogP contribution in [-0.4, -0.2) is 5.97 Å². The van der Waals surface area contributed by atoms with Gasteiger partial charge in [-0.15, -0.1) is 0 Å². The molecule has 0 aliphatic heterocycles. The van der Waals surface area contributed by atoms with E-state index in [4.69, 9.17) is 0 Å². The number of hydrogen-bond acceptors (Lipinski definition) is 2. The molecule has 0 N–H and O–H groups in total. The summed E-state index contributed by atoms with van der Waals surface area (Å²) in [5, 5.41) is 11.5. The molecule has 0 amide bonds. The molecule has 0 radical (unpaired) electrons. The fourth-order valence-electron chi connectivity index (χ4n) is 2.32. The molecule has 0 saturated carbocycles. The molecular formula is C25H32O2S. The first-order valence-electron chi connectivity index (χ1n) is 9.92. The van der Waals surface area contributed by atoms with Crippen LogP contribution in [0.2, 0.25) is 0 Å². The molecule has 28 heavy (non-hydrogen) atoms. The summed E-state index contributed by atoms with van der Waals surface area (Å²) >= 11 is 0. The lowest BCUT2D eigenvalue weighted by atomic mass is 10.2. The first-order chi connectivity index (χ1) is 13.8. The Morgan fingerprint density at radius 3 is 1.36 bits per heavy atom. The standard InChI is InChI=1S/C19H14O2S.3C2H6/c20-19(21)17-13-7-8-14-18(17)22(15-9-3-1-4-10-15)16-11-5-2-6-12-16;3*1-2/h1-14H;3*1-2H3. The maximum absolute atomic E-state index is 11.5. The summed E-state index contributed by atoms with van der Waals surface area (Å²) in [6, 6.07) is 27.0. The number of carboxylic acids is 1. The highest BCUT2D eigenvalue weighted by atomic mass is 32.2. The second-order valence-corrected chi connectivity index (χ2v) is 6.71. The Morgan fingerprint density at radius 1 is 0.607 bits per heavy atom. The van der Waals surface area contributed by atoms with E-state index in [0.717, 1.165) is 14.7 Å². The smallest absolute Gasteiger partial charge is 0.175 e. The van der Waals surface area contributed by atoms with Crippen molar-refractivity contribution in [3.63, 3.8) is 0 Å². The molecule has 0 atom stereocenters. The minimum Gasteiger partial charge on any atom is -0.545 e. The van der Waals surface area contributed by atoms with E-state index in [9.17, 15) is 9.90 Å². The number of carbonyl (C=O) groups excluding carboxylic acids is 1. The minimum absolute atomic E-state index is 0.249. The average Bonchev–Trinajstić information content (AvgIpc) is 2.80. The molecule has 3 aromatic rings. The van der Waals surface area contributed by atoms with Crippen LogP contribution < -0.4 is 5.11 Å². The lowest BCUT2D eigenvalue weighted by molar-refractivity contribution is -0.255.